The fourth-order valence-electron chi connectivity index (χ4n) is 4.03. The highest BCUT2D eigenvalue weighted by Gasteiger charge is 2.44. The van der Waals surface area contributed by atoms with E-state index in [9.17, 15) is 4.79 Å². The van der Waals surface area contributed by atoms with E-state index in [-0.39, 0.29) is 5.91 Å². The molecule has 1 aromatic rings. The van der Waals surface area contributed by atoms with Gasteiger partial charge in [-0.25, -0.2) is 0 Å². The number of hydrogen-bond donors (Lipinski definition) is 1. The summed E-state index contributed by atoms with van der Waals surface area (Å²) >= 11 is 0. The minimum Gasteiger partial charge on any atom is -0.334 e. The van der Waals surface area contributed by atoms with Gasteiger partial charge in [0.15, 0.2) is 0 Å². The zero-order valence-electron chi connectivity index (χ0n) is 19.2. The number of amides is 1. The molecule has 0 aliphatic heterocycles. The van der Waals surface area contributed by atoms with Crippen molar-refractivity contribution in [3.05, 3.63) is 35.4 Å². The van der Waals surface area contributed by atoms with E-state index in [0.717, 1.165) is 19.3 Å². The fraction of sp³-hybridized carbons (Fsp3) is 0.704. The van der Waals surface area contributed by atoms with Gasteiger partial charge in [-0.15, -0.1) is 0 Å². The van der Waals surface area contributed by atoms with E-state index in [1.165, 1.54) is 95.5 Å². The van der Waals surface area contributed by atoms with Crippen LogP contribution in [0.3, 0.4) is 0 Å². The number of aryl methyl sites for hydroxylation is 1. The van der Waals surface area contributed by atoms with E-state index in [2.05, 4.69) is 30.4 Å². The highest BCUT2D eigenvalue weighted by Crippen LogP contribution is 2.34. The molecule has 1 fully saturated rings. The Balaban J connectivity index is 1.43. The maximum Gasteiger partial charge on any atom is 0.252 e. The molecule has 0 radical (unpaired) electrons. The summed E-state index contributed by atoms with van der Waals surface area (Å²) in [5, 5.41) is 11.9. The molecule has 0 spiro atoms. The number of benzene rings is 1. The Morgan fingerprint density at radius 3 is 1.73 bits per heavy atom. The van der Waals surface area contributed by atoms with Gasteiger partial charge in [-0.2, -0.15) is 5.26 Å². The summed E-state index contributed by atoms with van der Waals surface area (Å²) in [6, 6.07) is 10.1. The maximum absolute atomic E-state index is 12.2. The molecule has 1 aliphatic carbocycles. The molecule has 2 rings (SSSR count). The summed E-state index contributed by atoms with van der Waals surface area (Å²) in [5.74, 6) is -0.128. The number of unbranched alkanes of at least 4 members (excludes halogenated alkanes) is 13. The maximum atomic E-state index is 12.2. The van der Waals surface area contributed by atoms with Crippen LogP contribution in [0.1, 0.15) is 126 Å². The summed E-state index contributed by atoms with van der Waals surface area (Å²) in [5.41, 5.74) is 1.36. The van der Waals surface area contributed by atoms with Crippen molar-refractivity contribution in [2.45, 2.75) is 122 Å². The Kier molecular flexibility index (Phi) is 11.6. The number of carbonyl (C=O) groups excluding carboxylic acids is 1. The number of nitrogens with zero attached hydrogens (tertiary/aromatic N) is 1. The van der Waals surface area contributed by atoms with E-state index >= 15 is 0 Å². The second-order valence-electron chi connectivity index (χ2n) is 9.19. The van der Waals surface area contributed by atoms with E-state index in [4.69, 9.17) is 5.26 Å². The van der Waals surface area contributed by atoms with Gasteiger partial charge in [-0.3, -0.25) is 4.79 Å². The van der Waals surface area contributed by atoms with Crippen molar-refractivity contribution in [1.82, 2.24) is 5.32 Å². The van der Waals surface area contributed by atoms with Crippen LogP contribution in [0.4, 0.5) is 0 Å². The van der Waals surface area contributed by atoms with Crippen LogP contribution in [0.5, 0.6) is 0 Å². The van der Waals surface area contributed by atoms with Gasteiger partial charge in [0.1, 0.15) is 5.54 Å². The lowest BCUT2D eigenvalue weighted by atomic mass is 10.0. The molecule has 1 amide bonds. The van der Waals surface area contributed by atoms with Crippen LogP contribution in [0.2, 0.25) is 0 Å². The monoisotopic (exact) mass is 410 g/mol. The fourth-order valence-corrected chi connectivity index (χ4v) is 4.03. The van der Waals surface area contributed by atoms with Crippen molar-refractivity contribution in [1.29, 1.82) is 5.26 Å². The predicted octanol–water partition coefficient (Wildman–Crippen LogP) is 7.50. The van der Waals surface area contributed by atoms with E-state index in [1.54, 1.807) is 0 Å². The molecule has 30 heavy (non-hydrogen) atoms. The Morgan fingerprint density at radius 2 is 1.30 bits per heavy atom. The molecule has 3 nitrogen and oxygen atoms in total. The summed E-state index contributed by atoms with van der Waals surface area (Å²) in [4.78, 5) is 12.2. The topological polar surface area (TPSA) is 52.9 Å². The third kappa shape index (κ3) is 9.79. The van der Waals surface area contributed by atoms with E-state index in [0.29, 0.717) is 5.56 Å². The van der Waals surface area contributed by atoms with Crippen LogP contribution < -0.4 is 5.32 Å². The molecule has 0 unspecified atom stereocenters. The normalized spacial score (nSPS) is 14.3. The Bertz CT molecular complexity index is 640. The second kappa shape index (κ2) is 14.2. The minimum absolute atomic E-state index is 0.128. The van der Waals surface area contributed by atoms with Crippen molar-refractivity contribution in [2.75, 3.05) is 0 Å². The first kappa shape index (κ1) is 24.4. The number of nitrogens with one attached hydrogen (secondary N) is 1. The molecule has 166 valence electrons. The van der Waals surface area contributed by atoms with Gasteiger partial charge < -0.3 is 5.32 Å². The van der Waals surface area contributed by atoms with Crippen LogP contribution in [-0.2, 0) is 6.42 Å². The minimum atomic E-state index is -0.593. The summed E-state index contributed by atoms with van der Waals surface area (Å²) in [6.07, 6.45) is 22.0. The smallest absolute Gasteiger partial charge is 0.252 e. The quantitative estimate of drug-likeness (QED) is 0.270. The van der Waals surface area contributed by atoms with Gasteiger partial charge in [0.2, 0.25) is 0 Å². The van der Waals surface area contributed by atoms with Crippen molar-refractivity contribution in [3.8, 4) is 6.07 Å². The summed E-state index contributed by atoms with van der Waals surface area (Å²) in [7, 11) is 0. The van der Waals surface area contributed by atoms with Crippen LogP contribution in [0.25, 0.3) is 0 Å². The lowest BCUT2D eigenvalue weighted by Gasteiger charge is -2.09. The highest BCUT2D eigenvalue weighted by molar-refractivity contribution is 5.95. The van der Waals surface area contributed by atoms with Crippen molar-refractivity contribution in [2.24, 2.45) is 0 Å². The van der Waals surface area contributed by atoms with Gasteiger partial charge in [0, 0.05) is 5.56 Å². The molecule has 0 heterocycles. The summed E-state index contributed by atoms with van der Waals surface area (Å²) in [6.45, 7) is 2.28. The van der Waals surface area contributed by atoms with Gasteiger partial charge in [-0.1, -0.05) is 103 Å². The van der Waals surface area contributed by atoms with Crippen LogP contribution in [0.15, 0.2) is 24.3 Å². The van der Waals surface area contributed by atoms with Gasteiger partial charge in [0.25, 0.3) is 5.91 Å². The molecule has 0 bridgehead atoms. The Labute approximate surface area is 184 Å². The third-order valence-electron chi connectivity index (χ3n) is 6.35. The van der Waals surface area contributed by atoms with Crippen molar-refractivity contribution >= 4 is 5.91 Å². The Morgan fingerprint density at radius 1 is 0.833 bits per heavy atom. The molecule has 1 aromatic carbocycles. The average Bonchev–Trinajstić information content (AvgIpc) is 3.54. The first-order chi connectivity index (χ1) is 14.7. The van der Waals surface area contributed by atoms with Gasteiger partial charge in [-0.05, 0) is 43.4 Å². The van der Waals surface area contributed by atoms with E-state index in [1.807, 2.05) is 12.1 Å². The van der Waals surface area contributed by atoms with Crippen LogP contribution in [0, 0.1) is 11.3 Å². The second-order valence-corrected chi connectivity index (χ2v) is 9.19. The standard InChI is InChI=1S/C27H42N2O/c1-2-3-4-5-6-7-8-9-10-11-12-13-14-15-16-24-17-19-25(20-18-24)26(30)29-27(23-28)21-22-27/h17-20H,2-16,21-22H2,1H3,(H,29,30). The molecule has 1 aliphatic rings. The molecule has 1 saturated carbocycles. The lowest BCUT2D eigenvalue weighted by Crippen LogP contribution is -2.35. The zero-order chi connectivity index (χ0) is 21.5. The van der Waals surface area contributed by atoms with E-state index < -0.39 is 5.54 Å². The van der Waals surface area contributed by atoms with Gasteiger partial charge >= 0.3 is 0 Å². The summed E-state index contributed by atoms with van der Waals surface area (Å²) < 4.78 is 0. The molecule has 0 saturated heterocycles. The molecule has 3 heteroatoms. The zero-order valence-corrected chi connectivity index (χ0v) is 19.2. The highest BCUT2D eigenvalue weighted by atomic mass is 16.1. The number of hydrogen-bond acceptors (Lipinski definition) is 2. The number of carbonyl (C=O) groups is 1. The first-order valence-corrected chi connectivity index (χ1v) is 12.5. The van der Waals surface area contributed by atoms with Crippen molar-refractivity contribution < 1.29 is 4.79 Å². The molecule has 0 atom stereocenters. The molecule has 0 aromatic heterocycles. The average molecular weight is 411 g/mol. The van der Waals surface area contributed by atoms with Crippen molar-refractivity contribution in [3.63, 3.8) is 0 Å². The SMILES string of the molecule is CCCCCCCCCCCCCCCCc1ccc(C(=O)NC2(C#N)CC2)cc1. The predicted molar refractivity (Wildman–Crippen MR) is 126 cm³/mol. The number of rotatable bonds is 17. The van der Waals surface area contributed by atoms with Crippen LogP contribution >= 0.6 is 0 Å². The molecular weight excluding hydrogens is 368 g/mol. The Hall–Kier alpha value is -1.82. The first-order valence-electron chi connectivity index (χ1n) is 12.5. The molecular formula is C27H42N2O. The van der Waals surface area contributed by atoms with Crippen LogP contribution in [-0.4, -0.2) is 11.4 Å². The lowest BCUT2D eigenvalue weighted by molar-refractivity contribution is 0.0941. The van der Waals surface area contributed by atoms with Gasteiger partial charge in [0.05, 0.1) is 6.07 Å². The number of nitriles is 1. The largest absolute Gasteiger partial charge is 0.334 e. The molecule has 1 N–H and O–H groups in total. The third-order valence-corrected chi connectivity index (χ3v) is 6.35.